The molecule has 0 unspecified atom stereocenters. The van der Waals surface area contributed by atoms with Crippen LogP contribution >= 0.6 is 0 Å². The Balaban J connectivity index is 2.09. The highest BCUT2D eigenvalue weighted by Gasteiger charge is 2.19. The van der Waals surface area contributed by atoms with Crippen molar-refractivity contribution in [3.8, 4) is 23.0 Å². The molecule has 182 valence electrons. The van der Waals surface area contributed by atoms with Gasteiger partial charge in [-0.05, 0) is 110 Å². The van der Waals surface area contributed by atoms with Crippen molar-refractivity contribution < 1.29 is 18.9 Å². The minimum atomic E-state index is 0.793. The SMILES string of the molecule is COc1cc(Cc2c(C)c(C)c(Cc3cc(OC)c(C)cc3OC)c(C)c2C)c(OC)cc1C. The van der Waals surface area contributed by atoms with Crippen LogP contribution in [0.5, 0.6) is 23.0 Å². The van der Waals surface area contributed by atoms with Gasteiger partial charge in [-0.1, -0.05) is 0 Å². The first-order chi connectivity index (χ1) is 16.2. The van der Waals surface area contributed by atoms with Gasteiger partial charge in [0.15, 0.2) is 0 Å². The first kappa shape index (κ1) is 25.5. The van der Waals surface area contributed by atoms with E-state index in [0.29, 0.717) is 0 Å². The zero-order chi connectivity index (χ0) is 25.2. The molecule has 0 heterocycles. The van der Waals surface area contributed by atoms with Gasteiger partial charge < -0.3 is 18.9 Å². The van der Waals surface area contributed by atoms with E-state index in [0.717, 1.165) is 58.1 Å². The highest BCUT2D eigenvalue weighted by Crippen LogP contribution is 2.36. The fourth-order valence-corrected chi connectivity index (χ4v) is 4.88. The summed E-state index contributed by atoms with van der Waals surface area (Å²) in [6, 6.07) is 8.33. The monoisotopic (exact) mass is 462 g/mol. The first-order valence-electron chi connectivity index (χ1n) is 11.7. The molecule has 3 aromatic carbocycles. The Morgan fingerprint density at radius 2 is 0.735 bits per heavy atom. The third-order valence-corrected chi connectivity index (χ3v) is 7.27. The van der Waals surface area contributed by atoms with Gasteiger partial charge in [-0.15, -0.1) is 0 Å². The van der Waals surface area contributed by atoms with Crippen LogP contribution in [0.3, 0.4) is 0 Å². The molecule has 0 N–H and O–H groups in total. The maximum absolute atomic E-state index is 5.72. The number of methoxy groups -OCH3 is 4. The summed E-state index contributed by atoms with van der Waals surface area (Å²) in [7, 11) is 6.89. The van der Waals surface area contributed by atoms with Crippen LogP contribution in [0, 0.1) is 41.5 Å². The summed E-state index contributed by atoms with van der Waals surface area (Å²) in [6.07, 6.45) is 1.59. The van der Waals surface area contributed by atoms with Crippen LogP contribution in [0.15, 0.2) is 24.3 Å². The molecule has 0 bridgehead atoms. The molecule has 0 aliphatic heterocycles. The average molecular weight is 463 g/mol. The largest absolute Gasteiger partial charge is 0.496 e. The third kappa shape index (κ3) is 4.72. The molecular weight excluding hydrogens is 424 g/mol. The van der Waals surface area contributed by atoms with Crippen molar-refractivity contribution in [2.45, 2.75) is 54.4 Å². The van der Waals surface area contributed by atoms with Gasteiger partial charge in [-0.3, -0.25) is 0 Å². The summed E-state index contributed by atoms with van der Waals surface area (Å²) >= 11 is 0. The lowest BCUT2D eigenvalue weighted by Gasteiger charge is -2.23. The maximum Gasteiger partial charge on any atom is 0.122 e. The van der Waals surface area contributed by atoms with Crippen LogP contribution < -0.4 is 18.9 Å². The van der Waals surface area contributed by atoms with Crippen molar-refractivity contribution in [2.75, 3.05) is 28.4 Å². The lowest BCUT2D eigenvalue weighted by atomic mass is 9.83. The predicted octanol–water partition coefficient (Wildman–Crippen LogP) is 6.75. The number of aryl methyl sites for hydroxylation is 2. The minimum absolute atomic E-state index is 0.793. The van der Waals surface area contributed by atoms with Gasteiger partial charge in [0.05, 0.1) is 28.4 Å². The maximum atomic E-state index is 5.72. The van der Waals surface area contributed by atoms with Crippen LogP contribution in [-0.4, -0.2) is 28.4 Å². The molecule has 0 saturated heterocycles. The normalized spacial score (nSPS) is 10.9. The Bertz CT molecular complexity index is 1080. The van der Waals surface area contributed by atoms with Gasteiger partial charge in [0.1, 0.15) is 23.0 Å². The fourth-order valence-electron chi connectivity index (χ4n) is 4.88. The molecule has 34 heavy (non-hydrogen) atoms. The Hall–Kier alpha value is -3.14. The minimum Gasteiger partial charge on any atom is -0.496 e. The molecule has 0 aliphatic carbocycles. The van der Waals surface area contributed by atoms with E-state index in [2.05, 4.69) is 52.0 Å². The van der Waals surface area contributed by atoms with Crippen molar-refractivity contribution in [3.63, 3.8) is 0 Å². The molecule has 0 atom stereocenters. The van der Waals surface area contributed by atoms with E-state index in [1.165, 1.54) is 33.4 Å². The number of hydrogen-bond acceptors (Lipinski definition) is 4. The molecule has 0 fully saturated rings. The van der Waals surface area contributed by atoms with Crippen LogP contribution in [0.4, 0.5) is 0 Å². The Kier molecular flexibility index (Phi) is 7.81. The Labute approximate surface area is 204 Å². The summed E-state index contributed by atoms with van der Waals surface area (Å²) in [5.41, 5.74) is 12.4. The molecule has 0 aliphatic rings. The van der Waals surface area contributed by atoms with Gasteiger partial charge in [-0.2, -0.15) is 0 Å². The van der Waals surface area contributed by atoms with Gasteiger partial charge in [0, 0.05) is 24.0 Å². The third-order valence-electron chi connectivity index (χ3n) is 7.27. The van der Waals surface area contributed by atoms with E-state index in [9.17, 15) is 0 Å². The Morgan fingerprint density at radius 3 is 1.00 bits per heavy atom. The van der Waals surface area contributed by atoms with Crippen LogP contribution in [-0.2, 0) is 12.8 Å². The fraction of sp³-hybridized carbons (Fsp3) is 0.400. The van der Waals surface area contributed by atoms with E-state index in [1.807, 2.05) is 13.8 Å². The zero-order valence-corrected chi connectivity index (χ0v) is 22.4. The smallest absolute Gasteiger partial charge is 0.122 e. The number of hydrogen-bond donors (Lipinski definition) is 0. The molecule has 0 spiro atoms. The second-order valence-electron chi connectivity index (χ2n) is 9.08. The van der Waals surface area contributed by atoms with Crippen molar-refractivity contribution >= 4 is 0 Å². The Morgan fingerprint density at radius 1 is 0.441 bits per heavy atom. The lowest BCUT2D eigenvalue weighted by molar-refractivity contribution is 0.397. The predicted molar refractivity (Wildman–Crippen MR) is 140 cm³/mol. The molecule has 0 saturated carbocycles. The van der Waals surface area contributed by atoms with Crippen molar-refractivity contribution in [2.24, 2.45) is 0 Å². The summed E-state index contributed by atoms with van der Waals surface area (Å²) in [5.74, 6) is 3.56. The van der Waals surface area contributed by atoms with E-state index in [1.54, 1.807) is 28.4 Å². The van der Waals surface area contributed by atoms with Gasteiger partial charge >= 0.3 is 0 Å². The molecule has 0 amide bonds. The van der Waals surface area contributed by atoms with E-state index < -0.39 is 0 Å². The van der Waals surface area contributed by atoms with Crippen molar-refractivity contribution in [1.29, 1.82) is 0 Å². The van der Waals surface area contributed by atoms with Gasteiger partial charge in [0.25, 0.3) is 0 Å². The molecule has 4 heteroatoms. The van der Waals surface area contributed by atoms with Crippen molar-refractivity contribution in [1.82, 2.24) is 0 Å². The summed E-state index contributed by atoms with van der Waals surface area (Å²) in [4.78, 5) is 0. The van der Waals surface area contributed by atoms with E-state index in [-0.39, 0.29) is 0 Å². The molecule has 4 nitrogen and oxygen atoms in total. The summed E-state index contributed by atoms with van der Waals surface area (Å²) in [6.45, 7) is 13.0. The zero-order valence-electron chi connectivity index (χ0n) is 22.4. The second kappa shape index (κ2) is 10.4. The van der Waals surface area contributed by atoms with Crippen LogP contribution in [0.25, 0.3) is 0 Å². The lowest BCUT2D eigenvalue weighted by Crippen LogP contribution is -2.08. The number of ether oxygens (including phenoxy) is 4. The highest BCUT2D eigenvalue weighted by atomic mass is 16.5. The number of benzene rings is 3. The summed E-state index contributed by atoms with van der Waals surface area (Å²) in [5, 5.41) is 0. The quantitative estimate of drug-likeness (QED) is 0.371. The molecule has 0 aromatic heterocycles. The first-order valence-corrected chi connectivity index (χ1v) is 11.7. The van der Waals surface area contributed by atoms with Crippen molar-refractivity contribution in [3.05, 3.63) is 79.9 Å². The molecular formula is C30H38O4. The van der Waals surface area contributed by atoms with Gasteiger partial charge in [-0.25, -0.2) is 0 Å². The van der Waals surface area contributed by atoms with E-state index in [4.69, 9.17) is 18.9 Å². The molecule has 3 rings (SSSR count). The molecule has 0 radical (unpaired) electrons. The second-order valence-corrected chi connectivity index (χ2v) is 9.08. The highest BCUT2D eigenvalue weighted by molar-refractivity contribution is 5.57. The van der Waals surface area contributed by atoms with Gasteiger partial charge in [0.2, 0.25) is 0 Å². The standard InChI is InChI=1S/C30H38O4/c1-17-11-29(33-9)23(15-27(17)31-7)13-25-19(3)21(5)26(22(6)20(25)4)14-24-16-28(32-8)18(2)12-30(24)34-10/h11-12,15-16H,13-14H2,1-10H3. The van der Waals surface area contributed by atoms with Crippen LogP contribution in [0.2, 0.25) is 0 Å². The topological polar surface area (TPSA) is 36.9 Å². The average Bonchev–Trinajstić information content (AvgIpc) is 2.84. The van der Waals surface area contributed by atoms with Crippen LogP contribution in [0.1, 0.15) is 55.6 Å². The summed E-state index contributed by atoms with van der Waals surface area (Å²) < 4.78 is 22.6. The molecule has 3 aromatic rings. The van der Waals surface area contributed by atoms with E-state index >= 15 is 0 Å². The number of rotatable bonds is 8.